The van der Waals surface area contributed by atoms with Crippen molar-refractivity contribution in [2.45, 2.75) is 64.2 Å². The molecule has 0 saturated carbocycles. The first-order chi connectivity index (χ1) is 27.8. The quantitative estimate of drug-likeness (QED) is 0.0317. The summed E-state index contributed by atoms with van der Waals surface area (Å²) in [7, 11) is 0. The van der Waals surface area contributed by atoms with Gasteiger partial charge in [-0.15, -0.1) is 0 Å². The van der Waals surface area contributed by atoms with Crippen LogP contribution in [0, 0.1) is 5.92 Å². The van der Waals surface area contributed by atoms with E-state index in [1.165, 1.54) is 0 Å². The zero-order valence-corrected chi connectivity index (χ0v) is 32.8. The summed E-state index contributed by atoms with van der Waals surface area (Å²) in [6.07, 6.45) is 1.37. The first-order valence-corrected chi connectivity index (χ1v) is 19.1. The molecule has 0 saturated heterocycles. The number of aliphatic imine (C=N–C) groups is 1. The highest BCUT2D eigenvalue weighted by Gasteiger charge is 2.28. The number of benzene rings is 3. The smallest absolute Gasteiger partial charge is 0.254 e. The predicted octanol–water partition coefficient (Wildman–Crippen LogP) is 0.539. The Hall–Kier alpha value is -6.59. The van der Waals surface area contributed by atoms with Gasteiger partial charge in [0.05, 0.1) is 35.6 Å². The van der Waals surface area contributed by atoms with Crippen molar-refractivity contribution in [2.75, 3.05) is 25.0 Å². The minimum absolute atomic E-state index is 0.0704. The summed E-state index contributed by atoms with van der Waals surface area (Å²) in [5, 5.41) is 24.6. The fourth-order valence-corrected chi connectivity index (χ4v) is 6.01. The van der Waals surface area contributed by atoms with Crippen LogP contribution >= 0.6 is 0 Å². The molecule has 0 radical (unpaired) electrons. The van der Waals surface area contributed by atoms with Crippen LogP contribution in [0.15, 0.2) is 83.9 Å². The molecule has 0 aliphatic carbocycles. The van der Waals surface area contributed by atoms with Crippen LogP contribution in [0.25, 0.3) is 22.2 Å². The zero-order chi connectivity index (χ0) is 42.2. The van der Waals surface area contributed by atoms with Crippen molar-refractivity contribution in [2.24, 2.45) is 28.1 Å². The SMILES string of the molecule is CC(C)[C@H](NC(=O)[C@H](CO)NC(=O)CCC[NH3+])C(=O)NCc1ccc(Nc2cc(-c3ccccc3)nc3c(C(=O)N[C@@H](CCCN=C(N)N)C(N)=O)cccc23)cc1. The van der Waals surface area contributed by atoms with E-state index in [-0.39, 0.29) is 49.3 Å². The van der Waals surface area contributed by atoms with Crippen LogP contribution in [-0.4, -0.2) is 83.4 Å². The number of primary amides is 1. The number of carbonyl (C=O) groups excluding carboxylic acids is 5. The summed E-state index contributed by atoms with van der Waals surface area (Å²) in [6.45, 7) is 3.95. The van der Waals surface area contributed by atoms with Crippen LogP contribution in [0.1, 0.15) is 55.5 Å². The molecular formula is C41H54N11O6+. The number of nitrogens with two attached hydrogens (primary N) is 3. The van der Waals surface area contributed by atoms with E-state index in [1.54, 1.807) is 26.0 Å². The molecule has 0 aliphatic heterocycles. The van der Waals surface area contributed by atoms with Crippen LogP contribution in [0.2, 0.25) is 0 Å². The normalized spacial score (nSPS) is 12.5. The minimum Gasteiger partial charge on any atom is -0.394 e. The number of pyridine rings is 1. The Morgan fingerprint density at radius 1 is 0.845 bits per heavy atom. The molecule has 0 fully saturated rings. The van der Waals surface area contributed by atoms with Crippen molar-refractivity contribution in [1.29, 1.82) is 0 Å². The number of carbonyl (C=O) groups is 5. The Morgan fingerprint density at radius 2 is 1.57 bits per heavy atom. The molecule has 1 heterocycles. The summed E-state index contributed by atoms with van der Waals surface area (Å²) in [4.78, 5) is 73.0. The molecule has 58 heavy (non-hydrogen) atoms. The zero-order valence-electron chi connectivity index (χ0n) is 32.8. The molecule has 308 valence electrons. The van der Waals surface area contributed by atoms with Crippen LogP contribution < -0.4 is 49.5 Å². The van der Waals surface area contributed by atoms with Gasteiger partial charge in [0.25, 0.3) is 5.91 Å². The average Bonchev–Trinajstić information content (AvgIpc) is 3.21. The molecule has 3 aromatic carbocycles. The molecule has 4 aromatic rings. The summed E-state index contributed by atoms with van der Waals surface area (Å²) in [5.41, 5.74) is 24.4. The number of quaternary nitrogens is 1. The van der Waals surface area contributed by atoms with Gasteiger partial charge in [-0.3, -0.25) is 29.0 Å². The van der Waals surface area contributed by atoms with Crippen molar-refractivity contribution in [1.82, 2.24) is 26.3 Å². The highest BCUT2D eigenvalue weighted by molar-refractivity contribution is 6.10. The second-order valence-electron chi connectivity index (χ2n) is 14.0. The van der Waals surface area contributed by atoms with Crippen molar-refractivity contribution in [3.8, 4) is 11.3 Å². The highest BCUT2D eigenvalue weighted by atomic mass is 16.3. The Bertz CT molecular complexity index is 2070. The summed E-state index contributed by atoms with van der Waals surface area (Å²) in [5.74, 6) is -3.03. The van der Waals surface area contributed by atoms with E-state index in [9.17, 15) is 29.1 Å². The fourth-order valence-electron chi connectivity index (χ4n) is 6.01. The van der Waals surface area contributed by atoms with E-state index < -0.39 is 48.4 Å². The number of aliphatic hydroxyl groups excluding tert-OH is 1. The number of fused-ring (bicyclic) bond motifs is 1. The Morgan fingerprint density at radius 3 is 2.21 bits per heavy atom. The first-order valence-electron chi connectivity index (χ1n) is 19.1. The largest absolute Gasteiger partial charge is 0.394 e. The lowest BCUT2D eigenvalue weighted by atomic mass is 10.0. The molecule has 0 aliphatic rings. The Labute approximate surface area is 336 Å². The second kappa shape index (κ2) is 21.6. The number of aliphatic hydroxyl groups is 1. The molecule has 1 aromatic heterocycles. The Balaban J connectivity index is 1.51. The number of para-hydroxylation sites is 1. The number of aromatic nitrogens is 1. The molecular weight excluding hydrogens is 743 g/mol. The van der Waals surface area contributed by atoms with Gasteiger partial charge in [0.2, 0.25) is 23.6 Å². The predicted molar refractivity (Wildman–Crippen MR) is 222 cm³/mol. The lowest BCUT2D eigenvalue weighted by Crippen LogP contribution is -2.56. The standard InChI is InChI=1S/C41H53N11O6/c1-24(2)35(52-39(57)33(23-53)49-34(54)14-7-19-42)40(58)47-22-25-15-17-27(18-16-25)48-32-21-31(26-9-4-3-5-10-26)50-36-28(32)11-6-12-29(36)38(56)51-30(37(43)55)13-8-20-46-41(44)45/h3-6,9-12,15-18,21,24,30,33,35,53H,7-8,13-14,19-20,22-23,42H2,1-2H3,(H2,43,55)(H,47,58)(H,48,50)(H,49,54)(H,51,56)(H,52,57)(H4,44,45,46)/p+1/t30-,33-,35-/m0/s1. The monoisotopic (exact) mass is 796 g/mol. The summed E-state index contributed by atoms with van der Waals surface area (Å²) >= 11 is 0. The van der Waals surface area contributed by atoms with Gasteiger partial charge >= 0.3 is 0 Å². The van der Waals surface area contributed by atoms with Gasteiger partial charge in [0.1, 0.15) is 18.1 Å². The van der Waals surface area contributed by atoms with Crippen LogP contribution in [0.4, 0.5) is 11.4 Å². The number of anilines is 2. The maximum Gasteiger partial charge on any atom is 0.254 e. The first kappa shape index (κ1) is 44.1. The average molecular weight is 797 g/mol. The van der Waals surface area contributed by atoms with Gasteiger partial charge in [0.15, 0.2) is 5.96 Å². The summed E-state index contributed by atoms with van der Waals surface area (Å²) < 4.78 is 0. The third-order valence-corrected chi connectivity index (χ3v) is 9.18. The summed E-state index contributed by atoms with van der Waals surface area (Å²) in [6, 6.07) is 20.9. The third kappa shape index (κ3) is 12.7. The number of nitrogens with zero attached hydrogens (tertiary/aromatic N) is 2. The van der Waals surface area contributed by atoms with Gasteiger partial charge < -0.3 is 54.6 Å². The van der Waals surface area contributed by atoms with Gasteiger partial charge in [0, 0.05) is 42.6 Å². The topological polar surface area (TPSA) is 297 Å². The van der Waals surface area contributed by atoms with Crippen molar-refractivity contribution in [3.63, 3.8) is 0 Å². The van der Waals surface area contributed by atoms with Gasteiger partial charge in [-0.1, -0.05) is 68.4 Å². The lowest BCUT2D eigenvalue weighted by molar-refractivity contribution is -0.368. The number of guanidine groups is 1. The van der Waals surface area contributed by atoms with E-state index >= 15 is 0 Å². The van der Waals surface area contributed by atoms with Crippen LogP contribution in [0.3, 0.4) is 0 Å². The second-order valence-corrected chi connectivity index (χ2v) is 14.0. The van der Waals surface area contributed by atoms with Crippen molar-refractivity contribution >= 4 is 57.8 Å². The van der Waals surface area contributed by atoms with Gasteiger partial charge in [-0.25, -0.2) is 4.98 Å². The van der Waals surface area contributed by atoms with E-state index in [0.717, 1.165) is 11.1 Å². The van der Waals surface area contributed by atoms with E-state index in [1.807, 2.05) is 66.7 Å². The van der Waals surface area contributed by atoms with Crippen LogP contribution in [-0.2, 0) is 25.7 Å². The van der Waals surface area contributed by atoms with E-state index in [0.29, 0.717) is 47.4 Å². The third-order valence-electron chi connectivity index (χ3n) is 9.18. The molecule has 5 amide bonds. The molecule has 17 heteroatoms. The van der Waals surface area contributed by atoms with Crippen molar-refractivity contribution < 1.29 is 34.8 Å². The van der Waals surface area contributed by atoms with E-state index in [4.69, 9.17) is 22.2 Å². The van der Waals surface area contributed by atoms with Crippen molar-refractivity contribution in [3.05, 3.63) is 90.0 Å². The number of hydrogen-bond donors (Lipinski definition) is 10. The molecule has 0 unspecified atom stereocenters. The molecule has 4 rings (SSSR count). The molecule has 3 atom stereocenters. The maximum atomic E-state index is 13.7. The Kier molecular flexibility index (Phi) is 16.5. The number of hydrogen-bond acceptors (Lipinski definition) is 9. The number of nitrogens with one attached hydrogen (secondary N) is 5. The minimum atomic E-state index is -1.19. The van der Waals surface area contributed by atoms with Gasteiger partial charge in [-0.2, -0.15) is 0 Å². The van der Waals surface area contributed by atoms with E-state index in [2.05, 4.69) is 37.3 Å². The molecule has 0 spiro atoms. The fraction of sp³-hybridized carbons (Fsp3) is 0.341. The molecule has 17 nitrogen and oxygen atoms in total. The highest BCUT2D eigenvalue weighted by Crippen LogP contribution is 2.32. The number of amides is 5. The lowest BCUT2D eigenvalue weighted by Gasteiger charge is -2.24. The number of rotatable bonds is 21. The molecule has 0 bridgehead atoms. The van der Waals surface area contributed by atoms with Crippen LogP contribution in [0.5, 0.6) is 0 Å². The maximum absolute atomic E-state index is 13.7. The van der Waals surface area contributed by atoms with Gasteiger partial charge in [-0.05, 0) is 48.6 Å². The molecule has 15 N–H and O–H groups in total.